The number of rotatable bonds is 5. The highest BCUT2D eigenvalue weighted by Gasteiger charge is 2.23. The van der Waals surface area contributed by atoms with Gasteiger partial charge in [0.1, 0.15) is 5.82 Å². The van der Waals surface area contributed by atoms with E-state index in [1.807, 2.05) is 6.20 Å². The molecule has 0 radical (unpaired) electrons. The maximum Gasteiger partial charge on any atom is 0.131 e. The van der Waals surface area contributed by atoms with Gasteiger partial charge >= 0.3 is 0 Å². The van der Waals surface area contributed by atoms with E-state index in [2.05, 4.69) is 37.1 Å². The molecule has 19 heavy (non-hydrogen) atoms. The van der Waals surface area contributed by atoms with Crippen LogP contribution < -0.4 is 10.2 Å². The molecule has 2 rings (SSSR count). The minimum Gasteiger partial charge on any atom is -0.353 e. The normalized spacial score (nSPS) is 19.7. The predicted octanol–water partition coefficient (Wildman–Crippen LogP) is 3.27. The quantitative estimate of drug-likeness (QED) is 0.881. The summed E-state index contributed by atoms with van der Waals surface area (Å²) in [4.78, 5) is 7.26. The van der Waals surface area contributed by atoms with Crippen molar-refractivity contribution in [2.45, 2.75) is 59.0 Å². The Morgan fingerprint density at radius 2 is 2.21 bits per heavy atom. The number of nitrogens with one attached hydrogen (secondary N) is 1. The fourth-order valence-corrected chi connectivity index (χ4v) is 3.00. The zero-order valence-electron chi connectivity index (χ0n) is 12.6. The highest BCUT2D eigenvalue weighted by atomic mass is 15.2. The van der Waals surface area contributed by atoms with Crippen LogP contribution in [0.25, 0.3) is 0 Å². The van der Waals surface area contributed by atoms with Crippen LogP contribution in [0, 0.1) is 6.92 Å². The molecule has 2 heterocycles. The van der Waals surface area contributed by atoms with Crippen LogP contribution in [0.5, 0.6) is 0 Å². The molecule has 0 aliphatic carbocycles. The second kappa shape index (κ2) is 6.90. The fraction of sp³-hybridized carbons (Fsp3) is 0.688. The van der Waals surface area contributed by atoms with Crippen molar-refractivity contribution in [1.82, 2.24) is 10.3 Å². The molecule has 0 saturated carbocycles. The molecule has 0 amide bonds. The average molecular weight is 261 g/mol. The van der Waals surface area contributed by atoms with E-state index >= 15 is 0 Å². The van der Waals surface area contributed by atoms with Gasteiger partial charge in [-0.25, -0.2) is 4.98 Å². The number of pyridine rings is 1. The number of hydrogen-bond donors (Lipinski definition) is 1. The lowest BCUT2D eigenvalue weighted by atomic mass is 9.99. The summed E-state index contributed by atoms with van der Waals surface area (Å²) in [7, 11) is 0. The summed E-state index contributed by atoms with van der Waals surface area (Å²) in [5.41, 5.74) is 2.60. The Kier molecular flexibility index (Phi) is 5.20. The topological polar surface area (TPSA) is 28.2 Å². The first-order chi connectivity index (χ1) is 9.26. The van der Waals surface area contributed by atoms with Crippen LogP contribution in [0.15, 0.2) is 12.3 Å². The third kappa shape index (κ3) is 3.47. The van der Waals surface area contributed by atoms with E-state index in [9.17, 15) is 0 Å². The Bertz CT molecular complexity index is 403. The zero-order valence-corrected chi connectivity index (χ0v) is 12.6. The Balaban J connectivity index is 2.14. The second-order valence-electron chi connectivity index (χ2n) is 5.52. The molecule has 0 spiro atoms. The molecule has 0 bridgehead atoms. The monoisotopic (exact) mass is 261 g/mol. The lowest BCUT2D eigenvalue weighted by molar-refractivity contribution is 0.446. The first kappa shape index (κ1) is 14.3. The molecule has 1 aliphatic heterocycles. The fourth-order valence-electron chi connectivity index (χ4n) is 3.00. The predicted molar refractivity (Wildman–Crippen MR) is 81.6 cm³/mol. The highest BCUT2D eigenvalue weighted by molar-refractivity contribution is 5.48. The first-order valence-corrected chi connectivity index (χ1v) is 7.69. The molecule has 3 heteroatoms. The zero-order chi connectivity index (χ0) is 13.7. The van der Waals surface area contributed by atoms with Gasteiger partial charge in [0.05, 0.1) is 0 Å². The maximum absolute atomic E-state index is 4.74. The summed E-state index contributed by atoms with van der Waals surface area (Å²) in [6.07, 6.45) is 7.24. The van der Waals surface area contributed by atoms with Crippen LogP contribution >= 0.6 is 0 Å². The summed E-state index contributed by atoms with van der Waals surface area (Å²) in [6, 6.07) is 2.96. The van der Waals surface area contributed by atoms with E-state index in [1.54, 1.807) is 0 Å². The van der Waals surface area contributed by atoms with Gasteiger partial charge in [-0.3, -0.25) is 0 Å². The van der Waals surface area contributed by atoms with Gasteiger partial charge in [-0.15, -0.1) is 0 Å². The van der Waals surface area contributed by atoms with Crippen LogP contribution in [0.4, 0.5) is 5.82 Å². The average Bonchev–Trinajstić information content (AvgIpc) is 2.45. The van der Waals surface area contributed by atoms with Gasteiger partial charge in [0, 0.05) is 25.3 Å². The lowest BCUT2D eigenvalue weighted by Crippen LogP contribution is -2.40. The van der Waals surface area contributed by atoms with Crippen molar-refractivity contribution >= 4 is 5.82 Å². The van der Waals surface area contributed by atoms with E-state index in [-0.39, 0.29) is 0 Å². The van der Waals surface area contributed by atoms with Gasteiger partial charge < -0.3 is 10.2 Å². The maximum atomic E-state index is 4.74. The lowest BCUT2D eigenvalue weighted by Gasteiger charge is -2.37. The summed E-state index contributed by atoms with van der Waals surface area (Å²) in [5.74, 6) is 1.20. The minimum absolute atomic E-state index is 0.680. The van der Waals surface area contributed by atoms with Crippen molar-refractivity contribution in [3.05, 3.63) is 23.4 Å². The van der Waals surface area contributed by atoms with E-state index in [1.165, 1.54) is 49.2 Å². The van der Waals surface area contributed by atoms with Gasteiger partial charge in [0.2, 0.25) is 0 Å². The van der Waals surface area contributed by atoms with Gasteiger partial charge in [0.15, 0.2) is 0 Å². The molecule has 0 aromatic carbocycles. The van der Waals surface area contributed by atoms with Crippen LogP contribution in [0.1, 0.15) is 50.7 Å². The molecule has 1 fully saturated rings. The first-order valence-electron chi connectivity index (χ1n) is 7.69. The molecular weight excluding hydrogens is 234 g/mol. The number of hydrogen-bond acceptors (Lipinski definition) is 3. The third-order valence-corrected chi connectivity index (χ3v) is 4.06. The summed E-state index contributed by atoms with van der Waals surface area (Å²) in [6.45, 7) is 9.71. The van der Waals surface area contributed by atoms with Crippen LogP contribution in [0.2, 0.25) is 0 Å². The SMILES string of the molecule is CCNCc1cnc(N2CCCCC2CC)c(C)c1. The second-order valence-corrected chi connectivity index (χ2v) is 5.52. The Labute approximate surface area is 117 Å². The molecule has 1 aromatic rings. The number of aryl methyl sites for hydroxylation is 1. The standard InChI is InChI=1S/C16H27N3/c1-4-15-8-6-7-9-19(15)16-13(3)10-14(12-18-16)11-17-5-2/h10,12,15,17H,4-9,11H2,1-3H3. The molecule has 3 nitrogen and oxygen atoms in total. The Morgan fingerprint density at radius 1 is 1.37 bits per heavy atom. The van der Waals surface area contributed by atoms with Crippen molar-refractivity contribution < 1.29 is 0 Å². The molecular formula is C16H27N3. The minimum atomic E-state index is 0.680. The molecule has 1 unspecified atom stereocenters. The van der Waals surface area contributed by atoms with Crippen molar-refractivity contribution in [3.63, 3.8) is 0 Å². The van der Waals surface area contributed by atoms with E-state index in [0.717, 1.165) is 13.1 Å². The van der Waals surface area contributed by atoms with Gasteiger partial charge in [-0.2, -0.15) is 0 Å². The van der Waals surface area contributed by atoms with Crippen LogP contribution in [0.3, 0.4) is 0 Å². The smallest absolute Gasteiger partial charge is 0.131 e. The number of anilines is 1. The molecule has 106 valence electrons. The van der Waals surface area contributed by atoms with Crippen LogP contribution in [-0.2, 0) is 6.54 Å². The van der Waals surface area contributed by atoms with Crippen molar-refractivity contribution in [1.29, 1.82) is 0 Å². The third-order valence-electron chi connectivity index (χ3n) is 4.06. The van der Waals surface area contributed by atoms with Crippen molar-refractivity contribution in [2.75, 3.05) is 18.0 Å². The van der Waals surface area contributed by atoms with Gasteiger partial charge in [0.25, 0.3) is 0 Å². The van der Waals surface area contributed by atoms with Crippen molar-refractivity contribution in [2.24, 2.45) is 0 Å². The number of nitrogens with zero attached hydrogens (tertiary/aromatic N) is 2. The summed E-state index contributed by atoms with van der Waals surface area (Å²) in [5, 5.41) is 3.36. The van der Waals surface area contributed by atoms with Crippen LogP contribution in [-0.4, -0.2) is 24.1 Å². The molecule has 1 saturated heterocycles. The molecule has 1 N–H and O–H groups in total. The van der Waals surface area contributed by atoms with Gasteiger partial charge in [-0.05, 0) is 56.3 Å². The molecule has 1 aromatic heterocycles. The summed E-state index contributed by atoms with van der Waals surface area (Å²) >= 11 is 0. The number of aromatic nitrogens is 1. The van der Waals surface area contributed by atoms with Gasteiger partial charge in [-0.1, -0.05) is 13.8 Å². The van der Waals surface area contributed by atoms with E-state index < -0.39 is 0 Å². The largest absolute Gasteiger partial charge is 0.353 e. The van der Waals surface area contributed by atoms with Crippen molar-refractivity contribution in [3.8, 4) is 0 Å². The molecule has 1 aliphatic rings. The Morgan fingerprint density at radius 3 is 2.89 bits per heavy atom. The number of piperidine rings is 1. The van der Waals surface area contributed by atoms with E-state index in [4.69, 9.17) is 4.98 Å². The Hall–Kier alpha value is -1.09. The summed E-state index contributed by atoms with van der Waals surface area (Å²) < 4.78 is 0. The molecule has 1 atom stereocenters. The van der Waals surface area contributed by atoms with E-state index in [0.29, 0.717) is 6.04 Å². The highest BCUT2D eigenvalue weighted by Crippen LogP contribution is 2.27.